The molecule has 0 N–H and O–H groups in total. The molecule has 0 aliphatic carbocycles. The van der Waals surface area contributed by atoms with Gasteiger partial charge in [-0.1, -0.05) is 35.6 Å². The number of likely N-dealkylation sites (tertiary alicyclic amines) is 2. The summed E-state index contributed by atoms with van der Waals surface area (Å²) in [7, 11) is 0. The van der Waals surface area contributed by atoms with Crippen LogP contribution in [0.2, 0.25) is 0 Å². The molecule has 0 unspecified atom stereocenters. The maximum absolute atomic E-state index is 2.57. The van der Waals surface area contributed by atoms with Gasteiger partial charge in [-0.15, -0.1) is 0 Å². The minimum absolute atomic E-state index is 0. The fraction of sp³-hybridized carbons (Fsp3) is 1.00. The Labute approximate surface area is 211 Å². The van der Waals surface area contributed by atoms with E-state index < -0.39 is 0 Å². The van der Waals surface area contributed by atoms with Gasteiger partial charge in [-0.05, 0) is 112 Å². The van der Waals surface area contributed by atoms with Crippen LogP contribution in [0.1, 0.15) is 103 Å². The highest BCUT2D eigenvalue weighted by atomic mass is 15.3. The van der Waals surface area contributed by atoms with E-state index in [-0.39, 0.29) is 14.9 Å². The Hall–Kier alpha value is -0.160. The van der Waals surface area contributed by atoms with Gasteiger partial charge in [0.25, 0.3) is 0 Å². The monoisotopic (exact) mass is 471 g/mol. The fourth-order valence-corrected chi connectivity index (χ4v) is 4.69. The Bertz CT molecular complexity index is 387. The molecular formula is C29H66N4. The fourth-order valence-electron chi connectivity index (χ4n) is 4.69. The zero-order valence-corrected chi connectivity index (χ0v) is 22.9. The molecule has 3 aliphatic rings. The van der Waals surface area contributed by atoms with Gasteiger partial charge in [0.05, 0.1) is 0 Å². The second kappa shape index (κ2) is 19.1. The number of hydrogen-bond acceptors (Lipinski definition) is 4. The molecule has 3 aliphatic heterocycles. The van der Waals surface area contributed by atoms with Crippen molar-refractivity contribution < 1.29 is 0 Å². The van der Waals surface area contributed by atoms with Crippen LogP contribution in [0.15, 0.2) is 0 Å². The summed E-state index contributed by atoms with van der Waals surface area (Å²) in [5, 5.41) is 0. The maximum Gasteiger partial charge on any atom is 0.0113 e. The summed E-state index contributed by atoms with van der Waals surface area (Å²) < 4.78 is 0. The normalized spacial score (nSPS) is 22.2. The molecule has 4 nitrogen and oxygen atoms in total. The number of hydrogen-bond donors (Lipinski definition) is 0. The summed E-state index contributed by atoms with van der Waals surface area (Å²) >= 11 is 0. The van der Waals surface area contributed by atoms with Crippen molar-refractivity contribution in [2.75, 3.05) is 58.9 Å². The average molecular weight is 471 g/mol. The molecule has 0 radical (unpaired) electrons. The van der Waals surface area contributed by atoms with Gasteiger partial charge in [-0.3, -0.25) is 4.90 Å². The molecule has 202 valence electrons. The smallest absolute Gasteiger partial charge is 0.0113 e. The van der Waals surface area contributed by atoms with Crippen molar-refractivity contribution in [3.8, 4) is 0 Å². The van der Waals surface area contributed by atoms with Gasteiger partial charge < -0.3 is 14.7 Å². The molecule has 3 rings (SSSR count). The second-order valence-corrected chi connectivity index (χ2v) is 11.2. The zero-order chi connectivity index (χ0) is 23.4. The number of rotatable bonds is 4. The number of likely N-dealkylation sites (N-methyl/N-ethyl adjacent to an activating group) is 1. The zero-order valence-electron chi connectivity index (χ0n) is 22.9. The summed E-state index contributed by atoms with van der Waals surface area (Å²) in [5.74, 6) is 1.94. The molecule has 0 aromatic carbocycles. The predicted octanol–water partition coefficient (Wildman–Crippen LogP) is 6.56. The van der Waals surface area contributed by atoms with E-state index in [9.17, 15) is 0 Å². The van der Waals surface area contributed by atoms with Crippen molar-refractivity contribution in [2.24, 2.45) is 11.8 Å². The first-order valence-electron chi connectivity index (χ1n) is 13.6. The second-order valence-electron chi connectivity index (χ2n) is 11.2. The molecule has 0 spiro atoms. The molecule has 3 heterocycles. The molecule has 0 saturated carbocycles. The van der Waals surface area contributed by atoms with Gasteiger partial charge in [0.2, 0.25) is 0 Å². The lowest BCUT2D eigenvalue weighted by Crippen LogP contribution is -2.48. The molecule has 0 aromatic heterocycles. The highest BCUT2D eigenvalue weighted by Crippen LogP contribution is 2.18. The van der Waals surface area contributed by atoms with Gasteiger partial charge in [0.15, 0.2) is 0 Å². The number of nitrogens with zero attached hydrogens (tertiary/aromatic N) is 4. The van der Waals surface area contributed by atoms with Gasteiger partial charge in [0, 0.05) is 44.3 Å². The largest absolute Gasteiger partial charge is 0.301 e. The van der Waals surface area contributed by atoms with Crippen molar-refractivity contribution in [3.05, 3.63) is 0 Å². The Kier molecular flexibility index (Phi) is 20.2. The highest BCUT2D eigenvalue weighted by molar-refractivity contribution is 4.73. The summed E-state index contributed by atoms with van der Waals surface area (Å²) in [4.78, 5) is 10.2. The van der Waals surface area contributed by atoms with E-state index in [1.807, 2.05) is 0 Å². The van der Waals surface area contributed by atoms with Crippen LogP contribution in [0.4, 0.5) is 0 Å². The van der Waals surface area contributed by atoms with Gasteiger partial charge in [0.1, 0.15) is 0 Å². The molecule has 0 bridgehead atoms. The van der Waals surface area contributed by atoms with E-state index in [4.69, 9.17) is 0 Å². The predicted molar refractivity (Wildman–Crippen MR) is 152 cm³/mol. The Balaban J connectivity index is 0. The van der Waals surface area contributed by atoms with Gasteiger partial charge >= 0.3 is 0 Å². The molecule has 3 saturated heterocycles. The van der Waals surface area contributed by atoms with E-state index in [1.165, 1.54) is 84.6 Å². The van der Waals surface area contributed by atoms with Crippen molar-refractivity contribution in [1.29, 1.82) is 0 Å². The van der Waals surface area contributed by atoms with Crippen LogP contribution >= 0.6 is 0 Å². The van der Waals surface area contributed by atoms with Crippen molar-refractivity contribution >= 4 is 0 Å². The van der Waals surface area contributed by atoms with Crippen LogP contribution in [0, 0.1) is 11.8 Å². The average Bonchev–Trinajstić information content (AvgIpc) is 2.75. The van der Waals surface area contributed by atoms with Crippen LogP contribution < -0.4 is 0 Å². The molecule has 0 atom stereocenters. The Morgan fingerprint density at radius 3 is 1.03 bits per heavy atom. The van der Waals surface area contributed by atoms with Crippen LogP contribution in [-0.2, 0) is 0 Å². The van der Waals surface area contributed by atoms with E-state index in [0.29, 0.717) is 0 Å². The summed E-state index contributed by atoms with van der Waals surface area (Å²) in [5.41, 5.74) is 0. The summed E-state index contributed by atoms with van der Waals surface area (Å²) in [6.45, 7) is 32.2. The third kappa shape index (κ3) is 14.8. The van der Waals surface area contributed by atoms with Gasteiger partial charge in [-0.2, -0.15) is 0 Å². The topological polar surface area (TPSA) is 13.0 Å². The molecule has 33 heavy (non-hydrogen) atoms. The third-order valence-corrected chi connectivity index (χ3v) is 7.68. The molecule has 0 amide bonds. The van der Waals surface area contributed by atoms with E-state index in [2.05, 4.69) is 81.9 Å². The van der Waals surface area contributed by atoms with Crippen molar-refractivity contribution in [3.63, 3.8) is 0 Å². The van der Waals surface area contributed by atoms with Crippen LogP contribution in [0.25, 0.3) is 0 Å². The molecule has 3 fully saturated rings. The van der Waals surface area contributed by atoms with E-state index >= 15 is 0 Å². The van der Waals surface area contributed by atoms with E-state index in [0.717, 1.165) is 30.0 Å². The SMILES string of the molecule is C.C.CC1CCN(C(C)C)CC1.CC1CCN(C(C)C)CC1.CCN1CCN(C(C)C)CC1. The minimum Gasteiger partial charge on any atom is -0.301 e. The summed E-state index contributed by atoms with van der Waals surface area (Å²) in [6, 6.07) is 2.24. The quantitative estimate of drug-likeness (QED) is 0.461. The van der Waals surface area contributed by atoms with E-state index in [1.54, 1.807) is 0 Å². The maximum atomic E-state index is 2.57. The Morgan fingerprint density at radius 1 is 0.515 bits per heavy atom. The highest BCUT2D eigenvalue weighted by Gasteiger charge is 2.18. The number of piperidine rings is 2. The molecular weight excluding hydrogens is 404 g/mol. The molecule has 4 heteroatoms. The Morgan fingerprint density at radius 2 is 0.788 bits per heavy atom. The first-order chi connectivity index (χ1) is 14.6. The van der Waals surface area contributed by atoms with Crippen LogP contribution in [0.5, 0.6) is 0 Å². The van der Waals surface area contributed by atoms with Crippen molar-refractivity contribution in [2.45, 2.75) is 121 Å². The standard InChI is InChI=1S/C9H20N2.2C9H19N.2CH4/c1-4-10-5-7-11(8-6-10)9(2)3;2*1-8(2)10-6-4-9(3)5-7-10;;/h9H,4-8H2,1-3H3;2*8-9H,4-7H2,1-3H3;2*1H4. The van der Waals surface area contributed by atoms with Crippen LogP contribution in [0.3, 0.4) is 0 Å². The molecule has 0 aromatic rings. The van der Waals surface area contributed by atoms with Crippen LogP contribution in [-0.4, -0.2) is 96.6 Å². The lowest BCUT2D eigenvalue weighted by atomic mass is 9.98. The van der Waals surface area contributed by atoms with Gasteiger partial charge in [-0.25, -0.2) is 0 Å². The minimum atomic E-state index is 0. The lowest BCUT2D eigenvalue weighted by molar-refractivity contribution is 0.112. The summed E-state index contributed by atoms with van der Waals surface area (Å²) in [6.07, 6.45) is 5.60. The first kappa shape index (κ1) is 35.0. The first-order valence-corrected chi connectivity index (χ1v) is 13.6. The lowest BCUT2D eigenvalue weighted by Gasteiger charge is -2.36. The third-order valence-electron chi connectivity index (χ3n) is 7.68. The number of piperazine rings is 1. The van der Waals surface area contributed by atoms with Crippen molar-refractivity contribution in [1.82, 2.24) is 19.6 Å².